The van der Waals surface area contributed by atoms with Crippen molar-refractivity contribution in [2.24, 2.45) is 0 Å². The maximum atomic E-state index is 11.3. The average molecular weight is 244 g/mol. The largest absolute Gasteiger partial charge is 0.480 e. The molecule has 1 aliphatic rings. The van der Waals surface area contributed by atoms with Gasteiger partial charge in [0.1, 0.15) is 5.82 Å². The zero-order valence-electron chi connectivity index (χ0n) is 9.03. The minimum absolute atomic E-state index is 0.261. The molecule has 6 heteroatoms. The molecule has 0 aromatic carbocycles. The Morgan fingerprint density at radius 1 is 1.56 bits per heavy atom. The van der Waals surface area contributed by atoms with Crippen LogP contribution >= 0.6 is 11.6 Å². The van der Waals surface area contributed by atoms with Crippen molar-refractivity contribution in [2.45, 2.75) is 25.8 Å². The molecule has 0 aliphatic carbocycles. The fourth-order valence-electron chi connectivity index (χ4n) is 2.13. The van der Waals surface area contributed by atoms with Crippen molar-refractivity contribution in [3.8, 4) is 0 Å². The number of aromatic amines is 1. The Morgan fingerprint density at radius 3 is 2.62 bits per heavy atom. The van der Waals surface area contributed by atoms with E-state index in [1.54, 1.807) is 6.92 Å². The summed E-state index contributed by atoms with van der Waals surface area (Å²) in [6, 6.07) is -0.698. The Morgan fingerprint density at radius 2 is 2.19 bits per heavy atom. The lowest BCUT2D eigenvalue weighted by Crippen LogP contribution is -2.32. The predicted molar refractivity (Wildman–Crippen MR) is 59.5 cm³/mol. The molecule has 1 unspecified atom stereocenters. The highest BCUT2D eigenvalue weighted by Crippen LogP contribution is 2.28. The van der Waals surface area contributed by atoms with Gasteiger partial charge in [-0.2, -0.15) is 0 Å². The Balaban J connectivity index is 2.31. The number of likely N-dealkylation sites (tertiary alicyclic amines) is 1. The maximum Gasteiger partial charge on any atom is 0.327 e. The van der Waals surface area contributed by atoms with Crippen molar-refractivity contribution in [1.29, 1.82) is 0 Å². The van der Waals surface area contributed by atoms with Gasteiger partial charge in [-0.3, -0.25) is 9.69 Å². The molecule has 5 nitrogen and oxygen atoms in total. The quantitative estimate of drug-likeness (QED) is 0.846. The summed E-state index contributed by atoms with van der Waals surface area (Å²) >= 11 is 5.93. The van der Waals surface area contributed by atoms with Gasteiger partial charge in [0, 0.05) is 0 Å². The Labute approximate surface area is 98.4 Å². The first-order chi connectivity index (χ1) is 7.59. The average Bonchev–Trinajstić information content (AvgIpc) is 2.78. The van der Waals surface area contributed by atoms with E-state index in [1.807, 2.05) is 4.90 Å². The lowest BCUT2D eigenvalue weighted by molar-refractivity contribution is -0.143. The number of aromatic nitrogens is 2. The van der Waals surface area contributed by atoms with Crippen LogP contribution in [0.3, 0.4) is 0 Å². The number of imidazole rings is 1. The summed E-state index contributed by atoms with van der Waals surface area (Å²) in [5.41, 5.74) is 0.494. The number of aryl methyl sites for hydroxylation is 1. The van der Waals surface area contributed by atoms with E-state index in [-0.39, 0.29) is 5.15 Å². The molecule has 1 aromatic rings. The first kappa shape index (κ1) is 11.4. The second-order valence-corrected chi connectivity index (χ2v) is 4.37. The van der Waals surface area contributed by atoms with Crippen LogP contribution in [0.15, 0.2) is 0 Å². The van der Waals surface area contributed by atoms with Gasteiger partial charge < -0.3 is 10.1 Å². The van der Waals surface area contributed by atoms with Gasteiger partial charge in [-0.1, -0.05) is 11.6 Å². The summed E-state index contributed by atoms with van der Waals surface area (Å²) < 4.78 is 0. The van der Waals surface area contributed by atoms with Crippen LogP contribution < -0.4 is 0 Å². The number of hydrogen-bond donors (Lipinski definition) is 2. The van der Waals surface area contributed by atoms with Crippen LogP contribution in [0.4, 0.5) is 0 Å². The summed E-state index contributed by atoms with van der Waals surface area (Å²) in [6.45, 7) is 3.36. The van der Waals surface area contributed by atoms with Crippen molar-refractivity contribution in [3.05, 3.63) is 16.7 Å². The van der Waals surface area contributed by atoms with Gasteiger partial charge >= 0.3 is 5.97 Å². The molecule has 0 spiro atoms. The van der Waals surface area contributed by atoms with Gasteiger partial charge in [0.05, 0.1) is 5.69 Å². The van der Waals surface area contributed by atoms with Crippen LogP contribution in [0.25, 0.3) is 0 Å². The standard InChI is InChI=1S/C10H14ClN3O2/c1-6-12-7(9(11)13-6)8(10(15)16)14-4-2-3-5-14/h8H,2-5H2,1H3,(H,12,13)(H,15,16). The molecule has 1 fully saturated rings. The molecule has 2 rings (SSSR count). The third-order valence-electron chi connectivity index (χ3n) is 2.82. The van der Waals surface area contributed by atoms with E-state index in [0.29, 0.717) is 11.5 Å². The number of carboxylic acids is 1. The Kier molecular flexibility index (Phi) is 3.16. The molecule has 1 aromatic heterocycles. The molecule has 2 heterocycles. The van der Waals surface area contributed by atoms with Crippen molar-refractivity contribution >= 4 is 17.6 Å². The third-order valence-corrected chi connectivity index (χ3v) is 3.10. The second kappa shape index (κ2) is 4.43. The molecular weight excluding hydrogens is 230 g/mol. The summed E-state index contributed by atoms with van der Waals surface area (Å²) in [6.07, 6.45) is 2.07. The molecule has 1 aliphatic heterocycles. The Bertz CT molecular complexity index is 399. The van der Waals surface area contributed by atoms with E-state index in [9.17, 15) is 9.90 Å². The highest BCUT2D eigenvalue weighted by atomic mass is 35.5. The van der Waals surface area contributed by atoms with Crippen LogP contribution in [-0.2, 0) is 4.79 Å². The topological polar surface area (TPSA) is 69.2 Å². The molecule has 0 amide bonds. The molecule has 0 saturated carbocycles. The first-order valence-corrected chi connectivity index (χ1v) is 5.66. The first-order valence-electron chi connectivity index (χ1n) is 5.28. The van der Waals surface area contributed by atoms with Crippen LogP contribution in [0.1, 0.15) is 30.4 Å². The number of H-pyrrole nitrogens is 1. The van der Waals surface area contributed by atoms with E-state index >= 15 is 0 Å². The smallest absolute Gasteiger partial charge is 0.327 e. The lowest BCUT2D eigenvalue weighted by Gasteiger charge is -2.22. The summed E-state index contributed by atoms with van der Waals surface area (Å²) in [5, 5.41) is 9.53. The van der Waals surface area contributed by atoms with Crippen molar-refractivity contribution in [1.82, 2.24) is 14.9 Å². The number of carboxylic acid groups (broad SMARTS) is 1. The van der Waals surface area contributed by atoms with E-state index in [1.165, 1.54) is 0 Å². The molecular formula is C10H14ClN3O2. The van der Waals surface area contributed by atoms with Gasteiger partial charge in [0.2, 0.25) is 0 Å². The maximum absolute atomic E-state index is 11.3. The van der Waals surface area contributed by atoms with Crippen molar-refractivity contribution in [3.63, 3.8) is 0 Å². The van der Waals surface area contributed by atoms with Crippen LogP contribution in [0, 0.1) is 6.92 Å². The zero-order valence-corrected chi connectivity index (χ0v) is 9.79. The fraction of sp³-hybridized carbons (Fsp3) is 0.600. The second-order valence-electron chi connectivity index (χ2n) is 4.01. The van der Waals surface area contributed by atoms with E-state index in [4.69, 9.17) is 11.6 Å². The van der Waals surface area contributed by atoms with Gasteiger partial charge in [-0.05, 0) is 32.9 Å². The minimum Gasteiger partial charge on any atom is -0.480 e. The molecule has 0 bridgehead atoms. The fourth-order valence-corrected chi connectivity index (χ4v) is 2.40. The number of aliphatic carboxylic acids is 1. The molecule has 0 radical (unpaired) electrons. The lowest BCUT2D eigenvalue weighted by atomic mass is 10.2. The highest BCUT2D eigenvalue weighted by Gasteiger charge is 2.32. The minimum atomic E-state index is -0.882. The predicted octanol–water partition coefficient (Wildman–Crippen LogP) is 1.59. The summed E-state index contributed by atoms with van der Waals surface area (Å²) in [4.78, 5) is 20.2. The number of rotatable bonds is 3. The number of nitrogens with one attached hydrogen (secondary N) is 1. The zero-order chi connectivity index (χ0) is 11.7. The van der Waals surface area contributed by atoms with Gasteiger partial charge in [-0.25, -0.2) is 4.98 Å². The molecule has 1 atom stereocenters. The van der Waals surface area contributed by atoms with Gasteiger partial charge in [-0.15, -0.1) is 0 Å². The molecule has 88 valence electrons. The summed E-state index contributed by atoms with van der Waals surface area (Å²) in [7, 11) is 0. The van der Waals surface area contributed by atoms with Crippen molar-refractivity contribution in [2.75, 3.05) is 13.1 Å². The highest BCUT2D eigenvalue weighted by molar-refractivity contribution is 6.30. The van der Waals surface area contributed by atoms with Crippen LogP contribution in [-0.4, -0.2) is 39.0 Å². The third kappa shape index (κ3) is 2.05. The normalized spacial score (nSPS) is 18.9. The number of nitrogens with zero attached hydrogens (tertiary/aromatic N) is 2. The monoisotopic (exact) mass is 243 g/mol. The van der Waals surface area contributed by atoms with E-state index < -0.39 is 12.0 Å². The van der Waals surface area contributed by atoms with Crippen LogP contribution in [0.5, 0.6) is 0 Å². The van der Waals surface area contributed by atoms with E-state index in [2.05, 4.69) is 9.97 Å². The molecule has 2 N–H and O–H groups in total. The number of carbonyl (C=O) groups is 1. The Hall–Kier alpha value is -1.07. The van der Waals surface area contributed by atoms with Crippen LogP contribution in [0.2, 0.25) is 5.15 Å². The molecule has 1 saturated heterocycles. The van der Waals surface area contributed by atoms with Crippen molar-refractivity contribution < 1.29 is 9.90 Å². The van der Waals surface area contributed by atoms with Gasteiger partial charge in [0.15, 0.2) is 11.2 Å². The SMILES string of the molecule is Cc1nc(Cl)c(C(C(=O)O)N2CCCC2)[nH]1. The van der Waals surface area contributed by atoms with Gasteiger partial charge in [0.25, 0.3) is 0 Å². The van der Waals surface area contributed by atoms with E-state index in [0.717, 1.165) is 25.9 Å². The number of halogens is 1. The molecule has 16 heavy (non-hydrogen) atoms. The summed E-state index contributed by atoms with van der Waals surface area (Å²) in [5.74, 6) is -0.238. The number of hydrogen-bond acceptors (Lipinski definition) is 3.